The zero-order valence-electron chi connectivity index (χ0n) is 18.7. The van der Waals surface area contributed by atoms with Crippen molar-refractivity contribution >= 4 is 23.0 Å². The smallest absolute Gasteiger partial charge is 0.338 e. The summed E-state index contributed by atoms with van der Waals surface area (Å²) in [5.74, 6) is -0.332. The number of rotatable bonds is 7. The van der Waals surface area contributed by atoms with Crippen LogP contribution >= 0.6 is 0 Å². The summed E-state index contributed by atoms with van der Waals surface area (Å²) in [6.45, 7) is 8.93. The van der Waals surface area contributed by atoms with Crippen LogP contribution in [-0.2, 0) is 20.8 Å². The Labute approximate surface area is 186 Å². The number of hydrogen-bond acceptors (Lipinski definition) is 8. The van der Waals surface area contributed by atoms with Crippen molar-refractivity contribution in [1.29, 1.82) is 0 Å². The molecule has 1 fully saturated rings. The summed E-state index contributed by atoms with van der Waals surface area (Å²) in [7, 11) is 0. The van der Waals surface area contributed by atoms with Crippen molar-refractivity contribution in [3.05, 3.63) is 47.3 Å². The summed E-state index contributed by atoms with van der Waals surface area (Å²) in [4.78, 5) is 21.4. The Balaban J connectivity index is 1.69. The summed E-state index contributed by atoms with van der Waals surface area (Å²) in [5.41, 5.74) is 3.17. The number of carbonyl (C=O) groups excluding carboxylic acids is 1. The maximum Gasteiger partial charge on any atom is 0.338 e. The minimum Gasteiger partial charge on any atom is -0.506 e. The number of anilines is 1. The molecule has 4 rings (SSSR count). The molecule has 0 bridgehead atoms. The maximum absolute atomic E-state index is 12.3. The summed E-state index contributed by atoms with van der Waals surface area (Å²) in [5, 5.41) is 13.7. The van der Waals surface area contributed by atoms with Gasteiger partial charge >= 0.3 is 5.97 Å². The van der Waals surface area contributed by atoms with Crippen LogP contribution < -0.4 is 5.32 Å². The van der Waals surface area contributed by atoms with Gasteiger partial charge in [0.05, 0.1) is 36.4 Å². The lowest BCUT2D eigenvalue weighted by molar-refractivity contribution is -0.136. The monoisotopic (exact) mass is 440 g/mol. The van der Waals surface area contributed by atoms with Crippen molar-refractivity contribution < 1.29 is 24.1 Å². The molecule has 1 aliphatic rings. The molecule has 1 saturated heterocycles. The highest BCUT2D eigenvalue weighted by Gasteiger charge is 2.32. The molecular weight excluding hydrogens is 412 g/mol. The summed E-state index contributed by atoms with van der Waals surface area (Å²) in [6.07, 6.45) is -0.126. The third-order valence-electron chi connectivity index (χ3n) is 5.21. The molecule has 3 aromatic rings. The average Bonchev–Trinajstić information content (AvgIpc) is 3.28. The number of carbonyl (C=O) groups is 1. The first-order chi connectivity index (χ1) is 15.3. The van der Waals surface area contributed by atoms with Gasteiger partial charge < -0.3 is 29.2 Å². The number of imidazole rings is 1. The van der Waals surface area contributed by atoms with Crippen LogP contribution in [0, 0.1) is 6.92 Å². The van der Waals surface area contributed by atoms with E-state index in [4.69, 9.17) is 19.2 Å². The Morgan fingerprint density at radius 2 is 2.12 bits per heavy atom. The predicted octanol–water partition coefficient (Wildman–Crippen LogP) is 3.23. The standard InChI is InChI=1S/C23H28N4O5/c1-5-30-21(29)15-7-8-17-19(10-15)27(12-18-20(28)9-6-14(2)25-18)22(26-17)24-11-16-13-31-23(3,4)32-16/h6-10,16,28H,5,11-13H2,1-4H3,(H,24,26)/t16-/m0/s1. The highest BCUT2D eigenvalue weighted by Crippen LogP contribution is 2.27. The van der Waals surface area contributed by atoms with E-state index in [1.54, 1.807) is 37.3 Å². The Hall–Kier alpha value is -3.17. The number of aryl methyl sites for hydroxylation is 1. The van der Waals surface area contributed by atoms with E-state index in [1.165, 1.54) is 0 Å². The third kappa shape index (κ3) is 4.68. The minimum atomic E-state index is -0.613. The van der Waals surface area contributed by atoms with Gasteiger partial charge in [-0.2, -0.15) is 0 Å². The van der Waals surface area contributed by atoms with Crippen LogP contribution in [0.4, 0.5) is 5.95 Å². The number of aromatic nitrogens is 3. The van der Waals surface area contributed by atoms with E-state index in [2.05, 4.69) is 10.3 Å². The molecule has 2 N–H and O–H groups in total. The highest BCUT2D eigenvalue weighted by molar-refractivity contribution is 5.94. The largest absolute Gasteiger partial charge is 0.506 e. The van der Waals surface area contributed by atoms with Crippen molar-refractivity contribution in [3.63, 3.8) is 0 Å². The number of pyridine rings is 1. The van der Waals surface area contributed by atoms with E-state index in [-0.39, 0.29) is 18.4 Å². The molecule has 0 unspecified atom stereocenters. The van der Waals surface area contributed by atoms with Gasteiger partial charge in [0.15, 0.2) is 5.79 Å². The fraction of sp³-hybridized carbons (Fsp3) is 0.435. The molecular formula is C23H28N4O5. The van der Waals surface area contributed by atoms with Crippen molar-refractivity contribution in [2.24, 2.45) is 0 Å². The Morgan fingerprint density at radius 1 is 1.31 bits per heavy atom. The first-order valence-corrected chi connectivity index (χ1v) is 10.6. The first-order valence-electron chi connectivity index (χ1n) is 10.6. The van der Waals surface area contributed by atoms with Gasteiger partial charge in [0.2, 0.25) is 5.95 Å². The summed E-state index contributed by atoms with van der Waals surface area (Å²) < 4.78 is 18.5. The third-order valence-corrected chi connectivity index (χ3v) is 5.21. The highest BCUT2D eigenvalue weighted by atomic mass is 16.7. The van der Waals surface area contributed by atoms with E-state index in [0.717, 1.165) is 11.2 Å². The Bertz CT molecular complexity index is 1140. The number of esters is 1. The van der Waals surface area contributed by atoms with E-state index < -0.39 is 11.8 Å². The van der Waals surface area contributed by atoms with E-state index >= 15 is 0 Å². The average molecular weight is 441 g/mol. The van der Waals surface area contributed by atoms with Gasteiger partial charge in [0.1, 0.15) is 17.5 Å². The molecule has 3 heterocycles. The lowest BCUT2D eigenvalue weighted by atomic mass is 10.2. The second-order valence-electron chi connectivity index (χ2n) is 8.20. The van der Waals surface area contributed by atoms with Gasteiger partial charge in [-0.25, -0.2) is 9.78 Å². The lowest BCUT2D eigenvalue weighted by Gasteiger charge is -2.18. The molecule has 0 radical (unpaired) electrons. The molecule has 2 aromatic heterocycles. The number of aromatic hydroxyl groups is 1. The van der Waals surface area contributed by atoms with Gasteiger partial charge in [-0.15, -0.1) is 0 Å². The van der Waals surface area contributed by atoms with Crippen LogP contribution in [0.25, 0.3) is 11.0 Å². The minimum absolute atomic E-state index is 0.0965. The quantitative estimate of drug-likeness (QED) is 0.539. The fourth-order valence-corrected chi connectivity index (χ4v) is 3.70. The first kappa shape index (κ1) is 22.0. The van der Waals surface area contributed by atoms with Gasteiger partial charge in [0, 0.05) is 12.2 Å². The zero-order valence-corrected chi connectivity index (χ0v) is 18.7. The lowest BCUT2D eigenvalue weighted by Crippen LogP contribution is -2.26. The number of hydrogen-bond donors (Lipinski definition) is 2. The summed E-state index contributed by atoms with van der Waals surface area (Å²) >= 11 is 0. The fourth-order valence-electron chi connectivity index (χ4n) is 3.70. The number of nitrogens with one attached hydrogen (secondary N) is 1. The van der Waals surface area contributed by atoms with Gasteiger partial charge in [-0.3, -0.25) is 4.98 Å². The Morgan fingerprint density at radius 3 is 2.84 bits per heavy atom. The maximum atomic E-state index is 12.3. The van der Waals surface area contributed by atoms with Crippen molar-refractivity contribution in [1.82, 2.24) is 14.5 Å². The van der Waals surface area contributed by atoms with Crippen LogP contribution in [-0.4, -0.2) is 57.3 Å². The molecule has 0 aliphatic carbocycles. The number of nitrogens with zero attached hydrogens (tertiary/aromatic N) is 3. The van der Waals surface area contributed by atoms with Crippen LogP contribution in [0.15, 0.2) is 30.3 Å². The SMILES string of the molecule is CCOC(=O)c1ccc2nc(NC[C@H]3COC(C)(C)O3)n(Cc3nc(C)ccc3O)c2c1. The second kappa shape index (κ2) is 8.76. The second-order valence-corrected chi connectivity index (χ2v) is 8.20. The molecule has 0 spiro atoms. The van der Waals surface area contributed by atoms with Crippen LogP contribution in [0.2, 0.25) is 0 Å². The summed E-state index contributed by atoms with van der Waals surface area (Å²) in [6, 6.07) is 8.60. The van der Waals surface area contributed by atoms with E-state index in [9.17, 15) is 9.90 Å². The van der Waals surface area contributed by atoms with Crippen LogP contribution in [0.5, 0.6) is 5.75 Å². The molecule has 0 amide bonds. The number of benzene rings is 1. The van der Waals surface area contributed by atoms with Crippen LogP contribution in [0.1, 0.15) is 42.5 Å². The van der Waals surface area contributed by atoms with Gasteiger partial charge in [-0.05, 0) is 58.0 Å². The molecule has 9 heteroatoms. The molecule has 170 valence electrons. The van der Waals surface area contributed by atoms with Crippen molar-refractivity contribution in [2.45, 2.75) is 46.1 Å². The molecule has 1 aliphatic heterocycles. The zero-order chi connectivity index (χ0) is 22.9. The molecule has 0 saturated carbocycles. The van der Waals surface area contributed by atoms with Gasteiger partial charge in [0.25, 0.3) is 0 Å². The molecule has 9 nitrogen and oxygen atoms in total. The van der Waals surface area contributed by atoms with E-state index in [0.29, 0.717) is 42.5 Å². The topological polar surface area (TPSA) is 108 Å². The van der Waals surface area contributed by atoms with Crippen molar-refractivity contribution in [2.75, 3.05) is 25.1 Å². The molecule has 1 atom stereocenters. The normalized spacial score (nSPS) is 17.6. The number of fused-ring (bicyclic) bond motifs is 1. The molecule has 32 heavy (non-hydrogen) atoms. The van der Waals surface area contributed by atoms with Crippen molar-refractivity contribution in [3.8, 4) is 5.75 Å². The van der Waals surface area contributed by atoms with Gasteiger partial charge in [-0.1, -0.05) is 0 Å². The van der Waals surface area contributed by atoms with Crippen LogP contribution in [0.3, 0.4) is 0 Å². The number of ether oxygens (including phenoxy) is 3. The molecule has 1 aromatic carbocycles. The Kier molecular flexibility index (Phi) is 6.03. The predicted molar refractivity (Wildman–Crippen MR) is 119 cm³/mol. The van der Waals surface area contributed by atoms with E-state index in [1.807, 2.05) is 25.3 Å².